The van der Waals surface area contributed by atoms with E-state index >= 15 is 0 Å². The Labute approximate surface area is 107 Å². The average Bonchev–Trinajstić information content (AvgIpc) is 2.92. The second-order valence-electron chi connectivity index (χ2n) is 4.48. The number of rotatable bonds is 5. The van der Waals surface area contributed by atoms with Crippen LogP contribution in [0.15, 0.2) is 29.5 Å². The summed E-state index contributed by atoms with van der Waals surface area (Å²) in [5.74, 6) is 1.94. The third-order valence-electron chi connectivity index (χ3n) is 3.00. The fourth-order valence-corrected chi connectivity index (χ4v) is 2.03. The van der Waals surface area contributed by atoms with Crippen molar-refractivity contribution in [1.29, 1.82) is 0 Å². The zero-order valence-electron chi connectivity index (χ0n) is 11.1. The SMILES string of the molecule is C=Cn1cc(CNC(C)c2cc(C)oc2C)cn1. The number of furan rings is 1. The largest absolute Gasteiger partial charge is 0.466 e. The van der Waals surface area contributed by atoms with Crippen molar-refractivity contribution >= 4 is 6.20 Å². The molecule has 0 saturated carbocycles. The van der Waals surface area contributed by atoms with Crippen LogP contribution in [0, 0.1) is 13.8 Å². The van der Waals surface area contributed by atoms with Crippen LogP contribution in [0.1, 0.15) is 35.6 Å². The van der Waals surface area contributed by atoms with Crippen LogP contribution in [-0.2, 0) is 6.54 Å². The van der Waals surface area contributed by atoms with Gasteiger partial charge < -0.3 is 9.73 Å². The van der Waals surface area contributed by atoms with Crippen molar-refractivity contribution in [2.75, 3.05) is 0 Å². The van der Waals surface area contributed by atoms with Crippen LogP contribution < -0.4 is 5.32 Å². The molecule has 0 amide bonds. The summed E-state index contributed by atoms with van der Waals surface area (Å²) in [6, 6.07) is 2.34. The van der Waals surface area contributed by atoms with Gasteiger partial charge >= 0.3 is 0 Å². The van der Waals surface area contributed by atoms with Crippen molar-refractivity contribution in [1.82, 2.24) is 15.1 Å². The second kappa shape index (κ2) is 5.23. The Bertz CT molecular complexity index is 539. The molecule has 0 radical (unpaired) electrons. The quantitative estimate of drug-likeness (QED) is 0.880. The molecule has 96 valence electrons. The van der Waals surface area contributed by atoms with Crippen molar-refractivity contribution in [2.45, 2.75) is 33.4 Å². The Balaban J connectivity index is 1.97. The minimum absolute atomic E-state index is 0.259. The maximum atomic E-state index is 5.54. The molecule has 0 saturated heterocycles. The van der Waals surface area contributed by atoms with Crippen molar-refractivity contribution < 1.29 is 4.42 Å². The summed E-state index contributed by atoms with van der Waals surface area (Å²) < 4.78 is 7.24. The van der Waals surface area contributed by atoms with E-state index in [0.29, 0.717) is 0 Å². The third-order valence-corrected chi connectivity index (χ3v) is 3.00. The van der Waals surface area contributed by atoms with Crippen molar-refractivity contribution in [3.63, 3.8) is 0 Å². The lowest BCUT2D eigenvalue weighted by Crippen LogP contribution is -2.17. The molecule has 1 N–H and O–H groups in total. The lowest BCUT2D eigenvalue weighted by molar-refractivity contribution is 0.489. The monoisotopic (exact) mass is 245 g/mol. The highest BCUT2D eigenvalue weighted by Crippen LogP contribution is 2.21. The predicted octanol–water partition coefficient (Wildman–Crippen LogP) is 3.04. The van der Waals surface area contributed by atoms with Gasteiger partial charge in [0, 0.05) is 36.1 Å². The first-order chi connectivity index (χ1) is 8.60. The molecule has 2 rings (SSSR count). The van der Waals surface area contributed by atoms with E-state index in [1.165, 1.54) is 5.56 Å². The Kier molecular flexibility index (Phi) is 3.67. The standard InChI is InChI=1S/C14H19N3O/c1-5-17-9-13(8-16-17)7-15-11(3)14-6-10(2)18-12(14)4/h5-6,8-9,11,15H,1,7H2,2-4H3. The number of nitrogens with one attached hydrogen (secondary N) is 1. The van der Waals surface area contributed by atoms with Crippen LogP contribution in [0.25, 0.3) is 6.20 Å². The number of hydrogen-bond donors (Lipinski definition) is 1. The van der Waals surface area contributed by atoms with E-state index in [1.54, 1.807) is 10.9 Å². The van der Waals surface area contributed by atoms with Gasteiger partial charge in [-0.15, -0.1) is 0 Å². The number of aryl methyl sites for hydroxylation is 2. The molecular formula is C14H19N3O. The minimum Gasteiger partial charge on any atom is -0.466 e. The van der Waals surface area contributed by atoms with Gasteiger partial charge in [-0.25, -0.2) is 4.68 Å². The molecule has 4 nitrogen and oxygen atoms in total. The Morgan fingerprint density at radius 2 is 2.33 bits per heavy atom. The zero-order valence-corrected chi connectivity index (χ0v) is 11.1. The molecule has 0 bridgehead atoms. The van der Waals surface area contributed by atoms with Gasteiger partial charge in [0.25, 0.3) is 0 Å². The Morgan fingerprint density at radius 1 is 1.56 bits per heavy atom. The maximum Gasteiger partial charge on any atom is 0.105 e. The van der Waals surface area contributed by atoms with Crippen molar-refractivity contribution in [3.05, 3.63) is 47.7 Å². The normalized spacial score (nSPS) is 12.6. The lowest BCUT2D eigenvalue weighted by Gasteiger charge is -2.11. The van der Waals surface area contributed by atoms with E-state index in [-0.39, 0.29) is 6.04 Å². The fourth-order valence-electron chi connectivity index (χ4n) is 2.03. The molecule has 0 aliphatic rings. The number of hydrogen-bond acceptors (Lipinski definition) is 3. The summed E-state index contributed by atoms with van der Waals surface area (Å²) >= 11 is 0. The Morgan fingerprint density at radius 3 is 2.89 bits per heavy atom. The van der Waals surface area contributed by atoms with Gasteiger partial charge in [-0.2, -0.15) is 5.10 Å². The first-order valence-corrected chi connectivity index (χ1v) is 6.06. The first-order valence-electron chi connectivity index (χ1n) is 6.06. The highest BCUT2D eigenvalue weighted by Gasteiger charge is 2.12. The predicted molar refractivity (Wildman–Crippen MR) is 72.1 cm³/mol. The molecule has 18 heavy (non-hydrogen) atoms. The second-order valence-corrected chi connectivity index (χ2v) is 4.48. The molecule has 1 unspecified atom stereocenters. The van der Waals surface area contributed by atoms with Crippen LogP contribution in [-0.4, -0.2) is 9.78 Å². The van der Waals surface area contributed by atoms with Gasteiger partial charge in [0.1, 0.15) is 11.5 Å². The third kappa shape index (κ3) is 2.71. The van der Waals surface area contributed by atoms with E-state index in [4.69, 9.17) is 4.42 Å². The Hall–Kier alpha value is -1.81. The van der Waals surface area contributed by atoms with Crippen molar-refractivity contribution in [2.24, 2.45) is 0 Å². The average molecular weight is 245 g/mol. The van der Waals surface area contributed by atoms with Gasteiger partial charge in [0.05, 0.1) is 6.20 Å². The van der Waals surface area contributed by atoms with Gasteiger partial charge in [0.15, 0.2) is 0 Å². The van der Waals surface area contributed by atoms with Crippen LogP contribution >= 0.6 is 0 Å². The highest BCUT2D eigenvalue weighted by molar-refractivity contribution is 5.24. The highest BCUT2D eigenvalue weighted by atomic mass is 16.3. The van der Waals surface area contributed by atoms with Crippen LogP contribution in [0.3, 0.4) is 0 Å². The molecule has 2 aromatic rings. The summed E-state index contributed by atoms with van der Waals surface area (Å²) in [5.41, 5.74) is 2.35. The molecule has 1 atom stereocenters. The smallest absolute Gasteiger partial charge is 0.105 e. The van der Waals surface area contributed by atoms with Gasteiger partial charge in [-0.05, 0) is 26.8 Å². The van der Waals surface area contributed by atoms with Crippen LogP contribution in [0.5, 0.6) is 0 Å². The maximum absolute atomic E-state index is 5.54. The molecule has 0 aliphatic heterocycles. The summed E-state index contributed by atoms with van der Waals surface area (Å²) in [7, 11) is 0. The van der Waals surface area contributed by atoms with E-state index in [0.717, 1.165) is 23.6 Å². The molecule has 0 aliphatic carbocycles. The number of nitrogens with zero attached hydrogens (tertiary/aromatic N) is 2. The fraction of sp³-hybridized carbons (Fsp3) is 0.357. The van der Waals surface area contributed by atoms with E-state index in [2.05, 4.69) is 30.0 Å². The lowest BCUT2D eigenvalue weighted by atomic mass is 10.1. The molecule has 0 aromatic carbocycles. The van der Waals surface area contributed by atoms with Gasteiger partial charge in [0.2, 0.25) is 0 Å². The topological polar surface area (TPSA) is 43.0 Å². The van der Waals surface area contributed by atoms with E-state index in [9.17, 15) is 0 Å². The molecule has 4 heteroatoms. The molecular weight excluding hydrogens is 226 g/mol. The summed E-state index contributed by atoms with van der Waals surface area (Å²) in [4.78, 5) is 0. The number of aromatic nitrogens is 2. The van der Waals surface area contributed by atoms with E-state index < -0.39 is 0 Å². The van der Waals surface area contributed by atoms with Crippen LogP contribution in [0.2, 0.25) is 0 Å². The molecule has 2 heterocycles. The van der Waals surface area contributed by atoms with Gasteiger partial charge in [-0.1, -0.05) is 6.58 Å². The zero-order chi connectivity index (χ0) is 13.1. The summed E-state index contributed by atoms with van der Waals surface area (Å²) in [6.07, 6.45) is 5.48. The molecule has 0 fully saturated rings. The van der Waals surface area contributed by atoms with Gasteiger partial charge in [-0.3, -0.25) is 0 Å². The van der Waals surface area contributed by atoms with Crippen LogP contribution in [0.4, 0.5) is 0 Å². The molecule has 0 spiro atoms. The van der Waals surface area contributed by atoms with Crippen molar-refractivity contribution in [3.8, 4) is 0 Å². The van der Waals surface area contributed by atoms with E-state index in [1.807, 2.05) is 26.2 Å². The first kappa shape index (κ1) is 12.6. The summed E-state index contributed by atoms with van der Waals surface area (Å²) in [5, 5.41) is 7.61. The minimum atomic E-state index is 0.259. The summed E-state index contributed by atoms with van der Waals surface area (Å²) in [6.45, 7) is 10.5. The molecule has 2 aromatic heterocycles.